The zero-order chi connectivity index (χ0) is 11.2. The van der Waals surface area contributed by atoms with Gasteiger partial charge in [0.2, 0.25) is 11.9 Å². The summed E-state index contributed by atoms with van der Waals surface area (Å²) in [5.41, 5.74) is 0. The minimum Gasteiger partial charge on any atom is -0.306 e. The van der Waals surface area contributed by atoms with Crippen LogP contribution in [0.25, 0.3) is 0 Å². The Balaban J connectivity index is 1.92. The van der Waals surface area contributed by atoms with E-state index in [-0.39, 0.29) is 17.9 Å². The summed E-state index contributed by atoms with van der Waals surface area (Å²) < 4.78 is 0. The van der Waals surface area contributed by atoms with Gasteiger partial charge in [-0.2, -0.15) is 5.10 Å². The van der Waals surface area contributed by atoms with Crippen molar-refractivity contribution in [1.29, 1.82) is 0 Å². The molecule has 2 rings (SSSR count). The van der Waals surface area contributed by atoms with Crippen molar-refractivity contribution < 1.29 is 4.79 Å². The van der Waals surface area contributed by atoms with Crippen LogP contribution in [0.1, 0.15) is 25.7 Å². The highest BCUT2D eigenvalue weighted by atomic mass is 16.2. The fourth-order valence-electron chi connectivity index (χ4n) is 1.75. The van der Waals surface area contributed by atoms with E-state index in [4.69, 9.17) is 0 Å². The highest BCUT2D eigenvalue weighted by Crippen LogP contribution is 2.09. The molecule has 1 aromatic rings. The summed E-state index contributed by atoms with van der Waals surface area (Å²) in [6, 6.07) is -0.133. The van der Waals surface area contributed by atoms with E-state index >= 15 is 0 Å². The van der Waals surface area contributed by atoms with E-state index in [0.29, 0.717) is 0 Å². The molecule has 1 saturated heterocycles. The second-order valence-electron chi connectivity index (χ2n) is 3.81. The van der Waals surface area contributed by atoms with Crippen molar-refractivity contribution in [3.05, 3.63) is 12.4 Å². The summed E-state index contributed by atoms with van der Waals surface area (Å²) in [7, 11) is 0. The molecule has 1 fully saturated rings. The van der Waals surface area contributed by atoms with Crippen LogP contribution in [0.15, 0.2) is 12.4 Å². The van der Waals surface area contributed by atoms with Crippen molar-refractivity contribution in [3.8, 4) is 0 Å². The minimum absolute atomic E-state index is 0.0742. The predicted octanol–water partition coefficient (Wildman–Crippen LogP) is 0.342. The number of nitrogens with zero attached hydrogens (tertiary/aromatic N) is 3. The number of nitrogens with one attached hydrogen (secondary N) is 2. The number of hydrogen-bond donors (Lipinski definition) is 2. The summed E-state index contributed by atoms with van der Waals surface area (Å²) in [6.07, 6.45) is 7.24. The van der Waals surface area contributed by atoms with Crippen molar-refractivity contribution in [2.24, 2.45) is 0 Å². The molecule has 0 radical (unpaired) electrons. The molecule has 2 N–H and O–H groups in total. The van der Waals surface area contributed by atoms with E-state index < -0.39 is 0 Å². The van der Waals surface area contributed by atoms with Crippen molar-refractivity contribution in [3.63, 3.8) is 0 Å². The standard InChI is InChI=1S/C10H15N5O/c16-9(8-4-2-1-3-5-11-8)14-10-12-6-7-13-15-10/h6-8,11H,1-5H2,(H,12,14,15,16). The molecule has 0 spiro atoms. The highest BCUT2D eigenvalue weighted by Gasteiger charge is 2.19. The maximum Gasteiger partial charge on any atom is 0.249 e. The fraction of sp³-hybridized carbons (Fsp3) is 0.600. The molecule has 2 heterocycles. The molecule has 0 saturated carbocycles. The third kappa shape index (κ3) is 2.96. The topological polar surface area (TPSA) is 79.8 Å². The lowest BCUT2D eigenvalue weighted by molar-refractivity contribution is -0.118. The fourth-order valence-corrected chi connectivity index (χ4v) is 1.75. The molecular formula is C10H15N5O. The van der Waals surface area contributed by atoms with Crippen LogP contribution in [0.3, 0.4) is 0 Å². The van der Waals surface area contributed by atoms with Gasteiger partial charge in [-0.15, -0.1) is 5.10 Å². The largest absolute Gasteiger partial charge is 0.306 e. The van der Waals surface area contributed by atoms with Crippen LogP contribution >= 0.6 is 0 Å². The maximum absolute atomic E-state index is 11.8. The summed E-state index contributed by atoms with van der Waals surface area (Å²) in [6.45, 7) is 0.895. The molecule has 16 heavy (non-hydrogen) atoms. The lowest BCUT2D eigenvalue weighted by Crippen LogP contribution is -2.40. The average molecular weight is 221 g/mol. The first kappa shape index (κ1) is 10.9. The second kappa shape index (κ2) is 5.50. The van der Waals surface area contributed by atoms with Crippen LogP contribution in [0.4, 0.5) is 5.95 Å². The van der Waals surface area contributed by atoms with E-state index in [1.807, 2.05) is 0 Å². The lowest BCUT2D eigenvalue weighted by atomic mass is 10.1. The number of carbonyl (C=O) groups excluding carboxylic acids is 1. The number of rotatable bonds is 2. The molecule has 1 aliphatic rings. The van der Waals surface area contributed by atoms with Gasteiger partial charge in [-0.3, -0.25) is 10.1 Å². The van der Waals surface area contributed by atoms with Gasteiger partial charge in [0, 0.05) is 0 Å². The molecule has 1 atom stereocenters. The van der Waals surface area contributed by atoms with Crippen LogP contribution < -0.4 is 10.6 Å². The molecule has 1 aliphatic heterocycles. The van der Waals surface area contributed by atoms with Crippen molar-refractivity contribution in [1.82, 2.24) is 20.5 Å². The Kier molecular flexibility index (Phi) is 3.76. The van der Waals surface area contributed by atoms with E-state index in [0.717, 1.165) is 25.8 Å². The molecule has 6 heteroatoms. The zero-order valence-corrected chi connectivity index (χ0v) is 9.02. The number of carbonyl (C=O) groups is 1. The smallest absolute Gasteiger partial charge is 0.249 e. The first-order valence-corrected chi connectivity index (χ1v) is 5.54. The molecule has 0 aromatic carbocycles. The van der Waals surface area contributed by atoms with E-state index in [1.165, 1.54) is 18.8 Å². The molecular weight excluding hydrogens is 206 g/mol. The summed E-state index contributed by atoms with van der Waals surface area (Å²) in [5.74, 6) is 0.188. The van der Waals surface area contributed by atoms with Gasteiger partial charge in [-0.05, 0) is 19.4 Å². The third-order valence-electron chi connectivity index (χ3n) is 2.59. The zero-order valence-electron chi connectivity index (χ0n) is 9.02. The van der Waals surface area contributed by atoms with E-state index in [9.17, 15) is 4.79 Å². The Labute approximate surface area is 93.9 Å². The van der Waals surface area contributed by atoms with Crippen LogP contribution in [0.2, 0.25) is 0 Å². The monoisotopic (exact) mass is 221 g/mol. The van der Waals surface area contributed by atoms with Gasteiger partial charge in [0.15, 0.2) is 0 Å². The third-order valence-corrected chi connectivity index (χ3v) is 2.59. The molecule has 1 unspecified atom stereocenters. The summed E-state index contributed by atoms with van der Waals surface area (Å²) in [5, 5.41) is 13.2. The minimum atomic E-state index is -0.133. The van der Waals surface area contributed by atoms with Gasteiger partial charge < -0.3 is 5.32 Å². The number of aromatic nitrogens is 3. The Morgan fingerprint density at radius 1 is 1.38 bits per heavy atom. The maximum atomic E-state index is 11.8. The number of hydrogen-bond acceptors (Lipinski definition) is 5. The first-order valence-electron chi connectivity index (χ1n) is 5.54. The van der Waals surface area contributed by atoms with Crippen LogP contribution in [-0.2, 0) is 4.79 Å². The Morgan fingerprint density at radius 3 is 3.12 bits per heavy atom. The second-order valence-corrected chi connectivity index (χ2v) is 3.81. The van der Waals surface area contributed by atoms with E-state index in [2.05, 4.69) is 25.8 Å². The molecule has 1 aromatic heterocycles. The van der Waals surface area contributed by atoms with Crippen LogP contribution in [0, 0.1) is 0 Å². The Bertz CT molecular complexity index is 334. The Hall–Kier alpha value is -1.56. The Morgan fingerprint density at radius 2 is 2.31 bits per heavy atom. The predicted molar refractivity (Wildman–Crippen MR) is 58.7 cm³/mol. The van der Waals surface area contributed by atoms with Gasteiger partial charge in [0.1, 0.15) is 0 Å². The molecule has 1 amide bonds. The number of anilines is 1. The molecule has 6 nitrogen and oxygen atoms in total. The van der Waals surface area contributed by atoms with Crippen LogP contribution in [-0.4, -0.2) is 33.7 Å². The first-order chi connectivity index (χ1) is 7.86. The highest BCUT2D eigenvalue weighted by molar-refractivity contribution is 5.93. The normalized spacial score (nSPS) is 21.1. The van der Waals surface area contributed by atoms with Gasteiger partial charge >= 0.3 is 0 Å². The molecule has 86 valence electrons. The lowest BCUT2D eigenvalue weighted by Gasteiger charge is -2.14. The quantitative estimate of drug-likeness (QED) is 0.753. The van der Waals surface area contributed by atoms with Crippen molar-refractivity contribution in [2.75, 3.05) is 11.9 Å². The van der Waals surface area contributed by atoms with Crippen molar-refractivity contribution in [2.45, 2.75) is 31.7 Å². The van der Waals surface area contributed by atoms with Gasteiger partial charge in [-0.1, -0.05) is 12.8 Å². The van der Waals surface area contributed by atoms with E-state index in [1.54, 1.807) is 0 Å². The van der Waals surface area contributed by atoms with Gasteiger partial charge in [0.05, 0.1) is 18.4 Å². The van der Waals surface area contributed by atoms with Crippen LogP contribution in [0.5, 0.6) is 0 Å². The summed E-state index contributed by atoms with van der Waals surface area (Å²) >= 11 is 0. The number of amides is 1. The van der Waals surface area contributed by atoms with Gasteiger partial charge in [-0.25, -0.2) is 4.98 Å². The SMILES string of the molecule is O=C(Nc1nccnn1)C1CCCCCN1. The van der Waals surface area contributed by atoms with Crippen molar-refractivity contribution >= 4 is 11.9 Å². The summed E-state index contributed by atoms with van der Waals surface area (Å²) in [4.78, 5) is 15.7. The molecule has 0 aliphatic carbocycles. The average Bonchev–Trinajstić information content (AvgIpc) is 2.59. The molecule has 0 bridgehead atoms. The van der Waals surface area contributed by atoms with Gasteiger partial charge in [0.25, 0.3) is 0 Å².